The van der Waals surface area contributed by atoms with Crippen molar-refractivity contribution in [1.82, 2.24) is 4.90 Å². The van der Waals surface area contributed by atoms with Gasteiger partial charge in [0.1, 0.15) is 0 Å². The summed E-state index contributed by atoms with van der Waals surface area (Å²) in [6.45, 7) is 2.84. The molecule has 0 atom stereocenters. The van der Waals surface area contributed by atoms with Crippen molar-refractivity contribution in [3.8, 4) is 0 Å². The van der Waals surface area contributed by atoms with Crippen LogP contribution >= 0.6 is 11.6 Å². The van der Waals surface area contributed by atoms with Crippen LogP contribution in [-0.4, -0.2) is 42.3 Å². The van der Waals surface area contributed by atoms with Crippen LogP contribution in [0.3, 0.4) is 0 Å². The van der Waals surface area contributed by atoms with Crippen molar-refractivity contribution in [1.29, 1.82) is 0 Å². The fraction of sp³-hybridized carbons (Fsp3) is 0.500. The molecule has 0 saturated heterocycles. The van der Waals surface area contributed by atoms with Crippen LogP contribution in [0.1, 0.15) is 38.2 Å². The van der Waals surface area contributed by atoms with Crippen molar-refractivity contribution in [3.05, 3.63) is 40.4 Å². The Morgan fingerprint density at radius 2 is 2.08 bits per heavy atom. The van der Waals surface area contributed by atoms with Crippen molar-refractivity contribution in [2.24, 2.45) is 4.99 Å². The number of carbonyl (C=O) groups excluding carboxylic acids is 1. The van der Waals surface area contributed by atoms with E-state index in [4.69, 9.17) is 22.1 Å². The van der Waals surface area contributed by atoms with E-state index >= 15 is 0 Å². The van der Waals surface area contributed by atoms with Gasteiger partial charge in [-0.25, -0.2) is 0 Å². The molecule has 1 aromatic carbocycles. The summed E-state index contributed by atoms with van der Waals surface area (Å²) in [6, 6.07) is 5.76. The first-order valence-electron chi connectivity index (χ1n) is 9.08. The molecule has 0 radical (unpaired) electrons. The summed E-state index contributed by atoms with van der Waals surface area (Å²) in [5, 5.41) is 0.531. The molecule has 0 bridgehead atoms. The molecule has 1 aliphatic heterocycles. The van der Waals surface area contributed by atoms with Gasteiger partial charge < -0.3 is 15.4 Å². The average Bonchev–Trinajstić information content (AvgIpc) is 3.09. The number of rotatable bonds is 5. The number of hydrogen-bond donors (Lipinski definition) is 1. The van der Waals surface area contributed by atoms with Gasteiger partial charge >= 0.3 is 0 Å². The molecule has 1 heterocycles. The smallest absolute Gasteiger partial charge is 0.252 e. The molecule has 0 unspecified atom stereocenters. The van der Waals surface area contributed by atoms with E-state index in [1.807, 2.05) is 30.0 Å². The van der Waals surface area contributed by atoms with Gasteiger partial charge in [0.25, 0.3) is 5.91 Å². The van der Waals surface area contributed by atoms with Crippen molar-refractivity contribution >= 4 is 28.9 Å². The zero-order valence-corrected chi connectivity index (χ0v) is 16.1. The van der Waals surface area contributed by atoms with Crippen LogP contribution in [0, 0.1) is 0 Å². The summed E-state index contributed by atoms with van der Waals surface area (Å²) in [4.78, 5) is 19.5. The summed E-state index contributed by atoms with van der Waals surface area (Å²) >= 11 is 6.39. The van der Waals surface area contributed by atoms with Crippen LogP contribution in [0.15, 0.2) is 34.8 Å². The lowest BCUT2D eigenvalue weighted by molar-refractivity contribution is -0.131. The monoisotopic (exact) mass is 375 g/mol. The second-order valence-corrected chi connectivity index (χ2v) is 7.42. The van der Waals surface area contributed by atoms with E-state index in [9.17, 15) is 4.79 Å². The molecule has 2 aliphatic rings. The minimum atomic E-state index is 0.0463. The third-order valence-electron chi connectivity index (χ3n) is 5.28. The Bertz CT molecular complexity index is 737. The summed E-state index contributed by atoms with van der Waals surface area (Å²) in [5.74, 6) is 0.0463. The second-order valence-electron chi connectivity index (χ2n) is 7.05. The zero-order chi connectivity index (χ0) is 18.7. The van der Waals surface area contributed by atoms with Crippen molar-refractivity contribution < 1.29 is 9.53 Å². The number of halogens is 1. The maximum absolute atomic E-state index is 13.2. The molecule has 1 aromatic rings. The molecule has 0 aromatic heterocycles. The van der Waals surface area contributed by atoms with Gasteiger partial charge in [0, 0.05) is 31.0 Å². The number of amides is 1. The number of nitrogens with zero attached hydrogens (tertiary/aromatic N) is 2. The van der Waals surface area contributed by atoms with Crippen LogP contribution in [0.4, 0.5) is 5.69 Å². The SMILES string of the molecule is COC1CCC(N(Cc2cccc(N)c2Cl)C(=O)C2=CC(C)=NC2)CC1. The van der Waals surface area contributed by atoms with Gasteiger partial charge in [-0.1, -0.05) is 23.7 Å². The Morgan fingerprint density at radius 1 is 1.35 bits per heavy atom. The van der Waals surface area contributed by atoms with Gasteiger partial charge in [0.2, 0.25) is 0 Å². The number of methoxy groups -OCH3 is 1. The summed E-state index contributed by atoms with van der Waals surface area (Å²) in [7, 11) is 1.75. The number of benzene rings is 1. The first kappa shape index (κ1) is 18.9. The summed E-state index contributed by atoms with van der Waals surface area (Å²) in [6.07, 6.45) is 5.95. The van der Waals surface area contributed by atoms with E-state index in [2.05, 4.69) is 4.99 Å². The molecule has 1 saturated carbocycles. The van der Waals surface area contributed by atoms with Crippen LogP contribution in [0.5, 0.6) is 0 Å². The van der Waals surface area contributed by atoms with Crippen LogP contribution in [0.2, 0.25) is 5.02 Å². The Labute approximate surface area is 159 Å². The van der Waals surface area contributed by atoms with Crippen LogP contribution < -0.4 is 5.73 Å². The molecule has 140 valence electrons. The number of ether oxygens (including phenoxy) is 1. The first-order chi connectivity index (χ1) is 12.5. The standard InChI is InChI=1S/C20H26ClN3O2/c1-13-10-15(11-23-13)20(25)24(16-6-8-17(26-2)9-7-16)12-14-4-3-5-18(22)19(14)21/h3-5,10,16-17H,6-9,11-12,22H2,1-2H3. The maximum Gasteiger partial charge on any atom is 0.252 e. The second kappa shape index (κ2) is 8.23. The number of allylic oxidation sites excluding steroid dienone is 1. The van der Waals surface area contributed by atoms with Crippen LogP contribution in [-0.2, 0) is 16.1 Å². The number of aliphatic imine (C=N–C) groups is 1. The number of nitrogen functional groups attached to an aromatic ring is 1. The molecular formula is C20H26ClN3O2. The highest BCUT2D eigenvalue weighted by Crippen LogP contribution is 2.30. The largest absolute Gasteiger partial charge is 0.398 e. The Hall–Kier alpha value is -1.85. The normalized spacial score (nSPS) is 22.7. The molecule has 0 spiro atoms. The van der Waals surface area contributed by atoms with Crippen LogP contribution in [0.25, 0.3) is 0 Å². The predicted octanol–water partition coefficient (Wildman–Crippen LogP) is 3.61. The van der Waals surface area contributed by atoms with Gasteiger partial charge in [-0.3, -0.25) is 9.79 Å². The van der Waals surface area contributed by atoms with Gasteiger partial charge in [0.05, 0.1) is 23.4 Å². The average molecular weight is 376 g/mol. The summed E-state index contributed by atoms with van der Waals surface area (Å²) < 4.78 is 5.48. The highest BCUT2D eigenvalue weighted by Gasteiger charge is 2.31. The Kier molecular flexibility index (Phi) is 5.99. The van der Waals surface area contributed by atoms with Gasteiger partial charge in [-0.15, -0.1) is 0 Å². The molecule has 2 N–H and O–H groups in total. The van der Waals surface area contributed by atoms with E-state index in [-0.39, 0.29) is 18.1 Å². The quantitative estimate of drug-likeness (QED) is 0.799. The lowest BCUT2D eigenvalue weighted by Gasteiger charge is -2.37. The molecule has 3 rings (SSSR count). The van der Waals surface area contributed by atoms with E-state index in [1.54, 1.807) is 13.2 Å². The topological polar surface area (TPSA) is 67.9 Å². The molecule has 5 nitrogen and oxygen atoms in total. The third-order valence-corrected chi connectivity index (χ3v) is 5.75. The van der Waals surface area contributed by atoms with Crippen molar-refractivity contribution in [3.63, 3.8) is 0 Å². The third kappa shape index (κ3) is 4.10. The molecular weight excluding hydrogens is 350 g/mol. The number of hydrogen-bond acceptors (Lipinski definition) is 4. The van der Waals surface area contributed by atoms with Gasteiger partial charge in [0.15, 0.2) is 0 Å². The molecule has 6 heteroatoms. The number of carbonyl (C=O) groups is 1. The molecule has 1 fully saturated rings. The lowest BCUT2D eigenvalue weighted by atomic mass is 9.91. The minimum absolute atomic E-state index is 0.0463. The highest BCUT2D eigenvalue weighted by atomic mass is 35.5. The highest BCUT2D eigenvalue weighted by molar-refractivity contribution is 6.33. The van der Waals surface area contributed by atoms with E-state index in [1.165, 1.54) is 0 Å². The van der Waals surface area contributed by atoms with Gasteiger partial charge in [-0.2, -0.15) is 0 Å². The van der Waals surface area contributed by atoms with E-state index < -0.39 is 0 Å². The molecule has 1 amide bonds. The number of nitrogens with two attached hydrogens (primary N) is 1. The Morgan fingerprint density at radius 3 is 2.69 bits per heavy atom. The lowest BCUT2D eigenvalue weighted by Crippen LogP contribution is -2.43. The Balaban J connectivity index is 1.83. The fourth-order valence-electron chi connectivity index (χ4n) is 3.73. The molecule has 1 aliphatic carbocycles. The number of anilines is 1. The van der Waals surface area contributed by atoms with Gasteiger partial charge in [-0.05, 0) is 50.3 Å². The zero-order valence-electron chi connectivity index (χ0n) is 15.4. The first-order valence-corrected chi connectivity index (χ1v) is 9.45. The predicted molar refractivity (Wildman–Crippen MR) is 106 cm³/mol. The van der Waals surface area contributed by atoms with Crippen molar-refractivity contribution in [2.45, 2.75) is 51.3 Å². The van der Waals surface area contributed by atoms with E-state index in [0.717, 1.165) is 42.5 Å². The fourth-order valence-corrected chi connectivity index (χ4v) is 3.92. The van der Waals surface area contributed by atoms with Crippen molar-refractivity contribution in [2.75, 3.05) is 19.4 Å². The van der Waals surface area contributed by atoms with E-state index in [0.29, 0.717) is 23.8 Å². The summed E-state index contributed by atoms with van der Waals surface area (Å²) in [5.41, 5.74) is 9.01. The molecule has 26 heavy (non-hydrogen) atoms. The maximum atomic E-state index is 13.2. The minimum Gasteiger partial charge on any atom is -0.398 e.